The lowest BCUT2D eigenvalue weighted by Crippen LogP contribution is -2.17. The third kappa shape index (κ3) is 6.83. The van der Waals surface area contributed by atoms with Crippen LogP contribution in [-0.2, 0) is 22.6 Å². The number of amides is 1. The van der Waals surface area contributed by atoms with E-state index in [1.807, 2.05) is 54.6 Å². The molecule has 1 heterocycles. The minimum Gasteiger partial charge on any atom is -0.489 e. The molecule has 0 aliphatic heterocycles. The van der Waals surface area contributed by atoms with Gasteiger partial charge >= 0.3 is 5.97 Å². The first-order chi connectivity index (χ1) is 19.1. The summed E-state index contributed by atoms with van der Waals surface area (Å²) in [6.45, 7) is 0.532. The molecule has 1 amide bonds. The van der Waals surface area contributed by atoms with Gasteiger partial charge in [0.05, 0.1) is 24.8 Å². The minimum absolute atomic E-state index is 0.137. The number of aromatic nitrogens is 1. The molecule has 0 saturated carbocycles. The molecule has 39 heavy (non-hydrogen) atoms. The number of methoxy groups -OCH3 is 1. The van der Waals surface area contributed by atoms with Crippen LogP contribution in [0.4, 0.5) is 5.69 Å². The molecule has 0 bridgehead atoms. The van der Waals surface area contributed by atoms with Crippen molar-refractivity contribution in [2.45, 2.75) is 22.9 Å². The van der Waals surface area contributed by atoms with Crippen molar-refractivity contribution in [3.63, 3.8) is 0 Å². The molecule has 0 aliphatic rings. The summed E-state index contributed by atoms with van der Waals surface area (Å²) in [6.07, 6.45) is 1.84. The molecule has 194 valence electrons. The fourth-order valence-corrected chi connectivity index (χ4v) is 4.86. The largest absolute Gasteiger partial charge is 0.489 e. The van der Waals surface area contributed by atoms with Gasteiger partial charge in [0, 0.05) is 11.1 Å². The van der Waals surface area contributed by atoms with E-state index in [1.54, 1.807) is 42.2 Å². The zero-order chi connectivity index (χ0) is 27.0. The van der Waals surface area contributed by atoms with Crippen molar-refractivity contribution < 1.29 is 19.1 Å². The van der Waals surface area contributed by atoms with Crippen LogP contribution in [0.5, 0.6) is 5.75 Å². The van der Waals surface area contributed by atoms with Crippen LogP contribution in [0.2, 0.25) is 0 Å². The van der Waals surface area contributed by atoms with E-state index < -0.39 is 5.97 Å². The van der Waals surface area contributed by atoms with Crippen LogP contribution in [0.1, 0.15) is 21.5 Å². The average molecular weight is 535 g/mol. The molecule has 0 aliphatic carbocycles. The van der Waals surface area contributed by atoms with Crippen LogP contribution in [-0.4, -0.2) is 24.0 Å². The van der Waals surface area contributed by atoms with Crippen LogP contribution in [0.3, 0.4) is 0 Å². The van der Waals surface area contributed by atoms with Gasteiger partial charge in [0.1, 0.15) is 17.4 Å². The number of rotatable bonds is 9. The van der Waals surface area contributed by atoms with E-state index in [9.17, 15) is 9.59 Å². The standard InChI is InChI=1S/C32H26N2O4S/c1-37-32(36)28-9-5-6-10-29(28)34-30(35)17-23-11-16-31(33-20-23)39-27-15-13-24-18-26(14-12-25(24)19-27)38-21-22-7-3-2-4-8-22/h2-16,18-20H,17,21H2,1H3,(H,34,35). The second-order valence-corrected chi connectivity index (χ2v) is 9.91. The molecular weight excluding hydrogens is 508 g/mol. The van der Waals surface area contributed by atoms with E-state index in [1.165, 1.54) is 7.11 Å². The SMILES string of the molecule is COC(=O)c1ccccc1NC(=O)Cc1ccc(Sc2ccc3cc(OCc4ccccc4)ccc3c2)nc1. The van der Waals surface area contributed by atoms with Gasteiger partial charge in [-0.3, -0.25) is 4.79 Å². The Hall–Kier alpha value is -4.62. The molecular formula is C32H26N2O4S. The molecule has 1 aromatic heterocycles. The van der Waals surface area contributed by atoms with Crippen LogP contribution in [0.15, 0.2) is 119 Å². The predicted molar refractivity (Wildman–Crippen MR) is 153 cm³/mol. The molecule has 6 nitrogen and oxygen atoms in total. The summed E-state index contributed by atoms with van der Waals surface area (Å²) in [5.41, 5.74) is 2.63. The number of benzene rings is 4. The second-order valence-electron chi connectivity index (χ2n) is 8.81. The molecule has 0 spiro atoms. The number of para-hydroxylation sites is 1. The van der Waals surface area contributed by atoms with Crippen molar-refractivity contribution >= 4 is 40.1 Å². The highest BCUT2D eigenvalue weighted by atomic mass is 32.2. The van der Waals surface area contributed by atoms with Crippen molar-refractivity contribution in [1.29, 1.82) is 0 Å². The van der Waals surface area contributed by atoms with Crippen molar-refractivity contribution in [3.05, 3.63) is 126 Å². The average Bonchev–Trinajstić information content (AvgIpc) is 2.97. The minimum atomic E-state index is -0.500. The van der Waals surface area contributed by atoms with E-state index in [0.29, 0.717) is 17.9 Å². The summed E-state index contributed by atoms with van der Waals surface area (Å²) < 4.78 is 10.7. The molecule has 4 aromatic carbocycles. The Bertz CT molecular complexity index is 1600. The summed E-state index contributed by atoms with van der Waals surface area (Å²) in [5, 5.41) is 5.84. The number of hydrogen-bond acceptors (Lipinski definition) is 6. The smallest absolute Gasteiger partial charge is 0.339 e. The highest BCUT2D eigenvalue weighted by Gasteiger charge is 2.14. The van der Waals surface area contributed by atoms with E-state index in [-0.39, 0.29) is 12.3 Å². The number of anilines is 1. The summed E-state index contributed by atoms with van der Waals surface area (Å²) in [5.74, 6) is 0.0940. The lowest BCUT2D eigenvalue weighted by molar-refractivity contribution is -0.115. The molecule has 0 saturated heterocycles. The number of carbonyl (C=O) groups is 2. The van der Waals surface area contributed by atoms with Crippen molar-refractivity contribution in [2.75, 3.05) is 12.4 Å². The quantitative estimate of drug-likeness (QED) is 0.207. The maximum Gasteiger partial charge on any atom is 0.339 e. The highest BCUT2D eigenvalue weighted by molar-refractivity contribution is 7.99. The van der Waals surface area contributed by atoms with Crippen LogP contribution < -0.4 is 10.1 Å². The zero-order valence-electron chi connectivity index (χ0n) is 21.3. The van der Waals surface area contributed by atoms with Gasteiger partial charge in [0.2, 0.25) is 5.91 Å². The number of esters is 1. The maximum absolute atomic E-state index is 12.6. The topological polar surface area (TPSA) is 77.5 Å². The van der Waals surface area contributed by atoms with Gasteiger partial charge in [-0.2, -0.15) is 0 Å². The van der Waals surface area contributed by atoms with Gasteiger partial charge < -0.3 is 14.8 Å². The molecule has 5 rings (SSSR count). The maximum atomic E-state index is 12.6. The molecule has 1 N–H and O–H groups in total. The number of nitrogens with one attached hydrogen (secondary N) is 1. The first-order valence-corrected chi connectivity index (χ1v) is 13.2. The number of nitrogens with zero attached hydrogens (tertiary/aromatic N) is 1. The van der Waals surface area contributed by atoms with E-state index >= 15 is 0 Å². The van der Waals surface area contributed by atoms with Gasteiger partial charge in [0.25, 0.3) is 0 Å². The van der Waals surface area contributed by atoms with Gasteiger partial charge in [-0.15, -0.1) is 0 Å². The Morgan fingerprint density at radius 2 is 1.59 bits per heavy atom. The Kier molecular flexibility index (Phi) is 8.19. The van der Waals surface area contributed by atoms with Gasteiger partial charge in [-0.05, 0) is 64.4 Å². The van der Waals surface area contributed by atoms with Gasteiger partial charge in [-0.1, -0.05) is 72.4 Å². The Morgan fingerprint density at radius 3 is 2.38 bits per heavy atom. The number of carbonyl (C=O) groups excluding carboxylic acids is 2. The summed E-state index contributed by atoms with van der Waals surface area (Å²) in [4.78, 5) is 30.1. The highest BCUT2D eigenvalue weighted by Crippen LogP contribution is 2.30. The molecule has 0 atom stereocenters. The van der Waals surface area contributed by atoms with E-state index in [0.717, 1.165) is 37.6 Å². The molecule has 0 fully saturated rings. The monoisotopic (exact) mass is 534 g/mol. The van der Waals surface area contributed by atoms with E-state index in [4.69, 9.17) is 9.47 Å². The molecule has 5 aromatic rings. The van der Waals surface area contributed by atoms with Crippen LogP contribution in [0, 0.1) is 0 Å². The normalized spacial score (nSPS) is 10.7. The number of hydrogen-bond donors (Lipinski definition) is 1. The zero-order valence-corrected chi connectivity index (χ0v) is 22.1. The lowest BCUT2D eigenvalue weighted by atomic mass is 10.1. The third-order valence-corrected chi connectivity index (χ3v) is 6.96. The van der Waals surface area contributed by atoms with Crippen molar-refractivity contribution in [1.82, 2.24) is 4.98 Å². The molecule has 0 radical (unpaired) electrons. The number of fused-ring (bicyclic) bond motifs is 1. The first kappa shape index (κ1) is 26.0. The fraction of sp³-hybridized carbons (Fsp3) is 0.0938. The third-order valence-electron chi connectivity index (χ3n) is 6.02. The van der Waals surface area contributed by atoms with Crippen LogP contribution in [0.25, 0.3) is 10.8 Å². The fourth-order valence-electron chi connectivity index (χ4n) is 4.05. The van der Waals surface area contributed by atoms with Crippen molar-refractivity contribution in [2.24, 2.45) is 0 Å². The summed E-state index contributed by atoms with van der Waals surface area (Å²) >= 11 is 1.56. The Morgan fingerprint density at radius 1 is 0.821 bits per heavy atom. The predicted octanol–water partition coefficient (Wildman–Crippen LogP) is 6.93. The van der Waals surface area contributed by atoms with Crippen molar-refractivity contribution in [3.8, 4) is 5.75 Å². The van der Waals surface area contributed by atoms with Gasteiger partial charge in [-0.25, -0.2) is 9.78 Å². The summed E-state index contributed by atoms with van der Waals surface area (Å²) in [6, 6.07) is 33.0. The number of pyridine rings is 1. The number of ether oxygens (including phenoxy) is 2. The second kappa shape index (κ2) is 12.3. The first-order valence-electron chi connectivity index (χ1n) is 12.4. The Balaban J connectivity index is 1.19. The summed E-state index contributed by atoms with van der Waals surface area (Å²) in [7, 11) is 1.31. The molecule has 0 unspecified atom stereocenters. The van der Waals surface area contributed by atoms with Crippen LogP contribution >= 0.6 is 11.8 Å². The van der Waals surface area contributed by atoms with Gasteiger partial charge in [0.15, 0.2) is 0 Å². The molecule has 7 heteroatoms. The lowest BCUT2D eigenvalue weighted by Gasteiger charge is -2.10. The Labute approximate surface area is 231 Å². The van der Waals surface area contributed by atoms with E-state index in [2.05, 4.69) is 34.6 Å².